The summed E-state index contributed by atoms with van der Waals surface area (Å²) < 4.78 is 13.1. The SMILES string of the molecule is C[C@H](CCO)NC(=O)NCC1(c2ccc(F)cc2)CCCC1. The van der Waals surface area contributed by atoms with Gasteiger partial charge in [-0.15, -0.1) is 0 Å². The smallest absolute Gasteiger partial charge is 0.315 e. The average molecular weight is 308 g/mol. The minimum absolute atomic E-state index is 0.0565. The van der Waals surface area contributed by atoms with Crippen molar-refractivity contribution in [3.05, 3.63) is 35.6 Å². The highest BCUT2D eigenvalue weighted by Crippen LogP contribution is 2.40. The zero-order valence-corrected chi connectivity index (χ0v) is 13.1. The van der Waals surface area contributed by atoms with Gasteiger partial charge in [0.25, 0.3) is 0 Å². The normalized spacial score (nSPS) is 18.0. The number of halogens is 1. The lowest BCUT2D eigenvalue weighted by molar-refractivity contribution is 0.227. The third-order valence-corrected chi connectivity index (χ3v) is 4.54. The van der Waals surface area contributed by atoms with E-state index in [0.717, 1.165) is 31.2 Å². The standard InChI is InChI=1S/C17H25FN2O2/c1-13(8-11-21)20-16(22)19-12-17(9-2-3-10-17)14-4-6-15(18)7-5-14/h4-7,13,21H,2-3,8-12H2,1H3,(H2,19,20,22)/t13-/m1/s1. The van der Waals surface area contributed by atoms with Crippen LogP contribution >= 0.6 is 0 Å². The third-order valence-electron chi connectivity index (χ3n) is 4.54. The zero-order valence-electron chi connectivity index (χ0n) is 13.1. The molecule has 0 aliphatic heterocycles. The largest absolute Gasteiger partial charge is 0.396 e. The molecule has 0 bridgehead atoms. The zero-order chi connectivity index (χ0) is 16.0. The number of aliphatic hydroxyl groups is 1. The van der Waals surface area contributed by atoms with E-state index in [0.29, 0.717) is 13.0 Å². The van der Waals surface area contributed by atoms with Crippen molar-refractivity contribution in [2.45, 2.75) is 50.5 Å². The number of amides is 2. The van der Waals surface area contributed by atoms with Crippen molar-refractivity contribution in [3.63, 3.8) is 0 Å². The summed E-state index contributed by atoms with van der Waals surface area (Å²) in [5, 5.41) is 14.6. The summed E-state index contributed by atoms with van der Waals surface area (Å²) in [6.45, 7) is 2.47. The van der Waals surface area contributed by atoms with Crippen molar-refractivity contribution >= 4 is 6.03 Å². The van der Waals surface area contributed by atoms with Crippen molar-refractivity contribution < 1.29 is 14.3 Å². The number of rotatable bonds is 6. The molecule has 2 rings (SSSR count). The molecule has 22 heavy (non-hydrogen) atoms. The van der Waals surface area contributed by atoms with Gasteiger partial charge < -0.3 is 15.7 Å². The van der Waals surface area contributed by atoms with Gasteiger partial charge in [-0.2, -0.15) is 0 Å². The number of aliphatic hydroxyl groups excluding tert-OH is 1. The molecule has 1 fully saturated rings. The molecule has 1 aromatic carbocycles. The van der Waals surface area contributed by atoms with Gasteiger partial charge in [0.05, 0.1) is 0 Å². The Labute approximate surface area is 131 Å². The van der Waals surface area contributed by atoms with Crippen molar-refractivity contribution in [2.24, 2.45) is 0 Å². The molecule has 1 aromatic rings. The van der Waals surface area contributed by atoms with E-state index in [-0.39, 0.29) is 29.9 Å². The van der Waals surface area contributed by atoms with Gasteiger partial charge in [-0.05, 0) is 43.9 Å². The Hall–Kier alpha value is -1.62. The van der Waals surface area contributed by atoms with Crippen LogP contribution < -0.4 is 10.6 Å². The number of carbonyl (C=O) groups excluding carboxylic acids is 1. The molecule has 5 heteroatoms. The number of benzene rings is 1. The maximum absolute atomic E-state index is 13.1. The molecule has 1 aliphatic carbocycles. The minimum Gasteiger partial charge on any atom is -0.396 e. The van der Waals surface area contributed by atoms with Gasteiger partial charge in [0.15, 0.2) is 0 Å². The molecule has 1 atom stereocenters. The molecular weight excluding hydrogens is 283 g/mol. The van der Waals surface area contributed by atoms with Crippen LogP contribution in [0.1, 0.15) is 44.6 Å². The first-order valence-corrected chi connectivity index (χ1v) is 7.97. The first-order valence-electron chi connectivity index (χ1n) is 7.97. The molecule has 0 unspecified atom stereocenters. The van der Waals surface area contributed by atoms with Crippen molar-refractivity contribution in [1.82, 2.24) is 10.6 Å². The fraction of sp³-hybridized carbons (Fsp3) is 0.588. The van der Waals surface area contributed by atoms with Gasteiger partial charge >= 0.3 is 6.03 Å². The monoisotopic (exact) mass is 308 g/mol. The van der Waals surface area contributed by atoms with Crippen LogP contribution in [0.4, 0.5) is 9.18 Å². The van der Waals surface area contributed by atoms with E-state index < -0.39 is 0 Å². The first kappa shape index (κ1) is 16.7. The average Bonchev–Trinajstić information content (AvgIpc) is 2.96. The molecule has 122 valence electrons. The van der Waals surface area contributed by atoms with Crippen LogP contribution in [0.3, 0.4) is 0 Å². The Kier molecular flexibility index (Phi) is 5.77. The Bertz CT molecular complexity index is 484. The second-order valence-electron chi connectivity index (χ2n) is 6.23. The fourth-order valence-electron chi connectivity index (χ4n) is 3.21. The number of hydrogen-bond donors (Lipinski definition) is 3. The highest BCUT2D eigenvalue weighted by atomic mass is 19.1. The molecule has 1 saturated carbocycles. The van der Waals surface area contributed by atoms with Gasteiger partial charge in [-0.25, -0.2) is 9.18 Å². The highest BCUT2D eigenvalue weighted by molar-refractivity contribution is 5.74. The molecular formula is C17H25FN2O2. The van der Waals surface area contributed by atoms with Crippen LogP contribution in [0.25, 0.3) is 0 Å². The lowest BCUT2D eigenvalue weighted by atomic mass is 9.79. The summed E-state index contributed by atoms with van der Waals surface area (Å²) in [6, 6.07) is 6.35. The third kappa shape index (κ3) is 4.19. The van der Waals surface area contributed by atoms with Crippen LogP contribution in [-0.2, 0) is 5.41 Å². The van der Waals surface area contributed by atoms with Crippen LogP contribution in [0, 0.1) is 5.82 Å². The van der Waals surface area contributed by atoms with Gasteiger partial charge in [0, 0.05) is 24.6 Å². The molecule has 0 saturated heterocycles. The predicted octanol–water partition coefficient (Wildman–Crippen LogP) is 2.71. The summed E-state index contributed by atoms with van der Waals surface area (Å²) in [5.41, 5.74) is 1.00. The molecule has 3 N–H and O–H groups in total. The van der Waals surface area contributed by atoms with E-state index in [9.17, 15) is 9.18 Å². The van der Waals surface area contributed by atoms with Gasteiger partial charge in [-0.3, -0.25) is 0 Å². The lowest BCUT2D eigenvalue weighted by Gasteiger charge is -2.30. The second-order valence-corrected chi connectivity index (χ2v) is 6.23. The molecule has 0 radical (unpaired) electrons. The van der Waals surface area contributed by atoms with E-state index in [1.54, 1.807) is 0 Å². The fourth-order valence-corrected chi connectivity index (χ4v) is 3.21. The van der Waals surface area contributed by atoms with Crippen LogP contribution in [-0.4, -0.2) is 30.3 Å². The molecule has 0 spiro atoms. The van der Waals surface area contributed by atoms with Crippen molar-refractivity contribution in [1.29, 1.82) is 0 Å². The van der Waals surface area contributed by atoms with Gasteiger partial charge in [0.1, 0.15) is 5.82 Å². The summed E-state index contributed by atoms with van der Waals surface area (Å²) in [5.74, 6) is -0.236. The highest BCUT2D eigenvalue weighted by Gasteiger charge is 2.35. The van der Waals surface area contributed by atoms with Gasteiger partial charge in [0.2, 0.25) is 0 Å². The van der Waals surface area contributed by atoms with Gasteiger partial charge in [-0.1, -0.05) is 25.0 Å². The minimum atomic E-state index is -0.236. The molecule has 4 nitrogen and oxygen atoms in total. The first-order chi connectivity index (χ1) is 10.6. The number of carbonyl (C=O) groups is 1. The van der Waals surface area contributed by atoms with Crippen LogP contribution in [0.2, 0.25) is 0 Å². The maximum Gasteiger partial charge on any atom is 0.315 e. The summed E-state index contributed by atoms with van der Waals surface area (Å²) in [4.78, 5) is 11.9. The lowest BCUT2D eigenvalue weighted by Crippen LogP contribution is -2.46. The Morgan fingerprint density at radius 3 is 2.55 bits per heavy atom. The Morgan fingerprint density at radius 1 is 1.32 bits per heavy atom. The van der Waals surface area contributed by atoms with E-state index in [1.807, 2.05) is 19.1 Å². The quantitative estimate of drug-likeness (QED) is 0.756. The maximum atomic E-state index is 13.1. The summed E-state index contributed by atoms with van der Waals surface area (Å²) in [7, 11) is 0. The molecule has 1 aliphatic rings. The van der Waals surface area contributed by atoms with E-state index in [1.165, 1.54) is 12.1 Å². The van der Waals surface area contributed by atoms with E-state index >= 15 is 0 Å². The number of urea groups is 1. The summed E-state index contributed by atoms with van der Waals surface area (Å²) >= 11 is 0. The Morgan fingerprint density at radius 2 is 1.95 bits per heavy atom. The number of nitrogens with one attached hydrogen (secondary N) is 2. The van der Waals surface area contributed by atoms with Crippen LogP contribution in [0.5, 0.6) is 0 Å². The number of hydrogen-bond acceptors (Lipinski definition) is 2. The van der Waals surface area contributed by atoms with Crippen molar-refractivity contribution in [2.75, 3.05) is 13.2 Å². The molecule has 0 heterocycles. The molecule has 2 amide bonds. The summed E-state index contributed by atoms with van der Waals surface area (Å²) in [6.07, 6.45) is 4.80. The predicted molar refractivity (Wildman–Crippen MR) is 84.2 cm³/mol. The van der Waals surface area contributed by atoms with E-state index in [4.69, 9.17) is 5.11 Å². The topological polar surface area (TPSA) is 61.4 Å². The van der Waals surface area contributed by atoms with Crippen LogP contribution in [0.15, 0.2) is 24.3 Å². The second kappa shape index (κ2) is 7.58. The van der Waals surface area contributed by atoms with Crippen molar-refractivity contribution in [3.8, 4) is 0 Å². The van der Waals surface area contributed by atoms with E-state index in [2.05, 4.69) is 10.6 Å². The molecule has 0 aromatic heterocycles. The Balaban J connectivity index is 1.97.